The van der Waals surface area contributed by atoms with Crippen molar-refractivity contribution < 1.29 is 52.8 Å². The Labute approximate surface area is 419 Å². The SMILES string of the molecule is CCC1(OC(=O)C(C)(CCCC(C)(C)C(=O)OC23CC4CC(CC(C4)C2C)C3)CCCC(C)(CCC(C)(CC)C(=O)OC2C3CC4C(=O)OC2C4C3)C(=O)OC23CC4CC(CC(O)(C4)C2)C3)CCCC1. The molecular formula is C59H90O11. The lowest BCUT2D eigenvalue weighted by molar-refractivity contribution is -0.226. The fourth-order valence-electron chi connectivity index (χ4n) is 18.0. The van der Waals surface area contributed by atoms with Gasteiger partial charge < -0.3 is 28.8 Å². The highest BCUT2D eigenvalue weighted by atomic mass is 16.6. The second-order valence-electron chi connectivity index (χ2n) is 28.1. The van der Waals surface area contributed by atoms with E-state index >= 15 is 4.79 Å². The standard InChI is InChI=1S/C59H90O11/c1-9-53(6,49(62)67-45-42-27-43-44(28-42)47(60)66-46(43)45)21-22-55(8,51(64)69-58-31-39-24-40(32-58)30-56(65,29-39)35-58)18-14-17-54(7,50(63)68-57(10-2)19-11-12-20-57)16-13-15-52(4,5)48(61)70-59-33-37-23-38(34-59)26-41(25-37)36(59)3/h36-46,65H,9-35H2,1-8H3. The van der Waals surface area contributed by atoms with Gasteiger partial charge >= 0.3 is 29.8 Å². The monoisotopic (exact) mass is 975 g/mol. The number of rotatable bonds is 21. The van der Waals surface area contributed by atoms with Crippen LogP contribution in [0.1, 0.15) is 229 Å². The summed E-state index contributed by atoms with van der Waals surface area (Å²) in [6.45, 7) is 16.4. The molecule has 13 unspecified atom stereocenters. The van der Waals surface area contributed by atoms with Crippen LogP contribution in [-0.4, -0.2) is 69.6 Å². The summed E-state index contributed by atoms with van der Waals surface area (Å²) in [4.78, 5) is 71.0. The van der Waals surface area contributed by atoms with Crippen molar-refractivity contribution in [3.8, 4) is 0 Å². The average molecular weight is 975 g/mol. The molecule has 0 aromatic rings. The van der Waals surface area contributed by atoms with Crippen molar-refractivity contribution in [2.45, 2.75) is 263 Å². The van der Waals surface area contributed by atoms with Gasteiger partial charge in [0, 0.05) is 18.3 Å². The van der Waals surface area contributed by atoms with Gasteiger partial charge in [0.2, 0.25) is 0 Å². The van der Waals surface area contributed by atoms with E-state index in [1.54, 1.807) is 0 Å². The Morgan fingerprint density at radius 1 is 0.643 bits per heavy atom. The number of ether oxygens (including phenoxy) is 5. The number of esters is 5. The van der Waals surface area contributed by atoms with Gasteiger partial charge in [-0.2, -0.15) is 0 Å². The van der Waals surface area contributed by atoms with Crippen LogP contribution in [0.25, 0.3) is 0 Å². The van der Waals surface area contributed by atoms with E-state index in [0.29, 0.717) is 106 Å². The third-order valence-corrected chi connectivity index (χ3v) is 22.5. The van der Waals surface area contributed by atoms with Gasteiger partial charge in [-0.15, -0.1) is 0 Å². The summed E-state index contributed by atoms with van der Waals surface area (Å²) in [6, 6.07) is 0. The van der Waals surface area contributed by atoms with Crippen LogP contribution in [0.5, 0.6) is 0 Å². The molecule has 10 bridgehead atoms. The molecule has 1 aliphatic heterocycles. The third-order valence-electron chi connectivity index (χ3n) is 22.5. The van der Waals surface area contributed by atoms with Crippen molar-refractivity contribution in [3.05, 3.63) is 0 Å². The van der Waals surface area contributed by atoms with Gasteiger partial charge in [-0.05, 0) is 224 Å². The van der Waals surface area contributed by atoms with Gasteiger partial charge in [-0.3, -0.25) is 24.0 Å². The summed E-state index contributed by atoms with van der Waals surface area (Å²) in [7, 11) is 0. The van der Waals surface area contributed by atoms with E-state index in [0.717, 1.165) is 83.5 Å². The van der Waals surface area contributed by atoms with Crippen molar-refractivity contribution in [1.82, 2.24) is 0 Å². The molecule has 12 rings (SSSR count). The van der Waals surface area contributed by atoms with Crippen LogP contribution in [0.15, 0.2) is 0 Å². The first-order valence-electron chi connectivity index (χ1n) is 28.8. The Bertz CT molecular complexity index is 2030. The quantitative estimate of drug-likeness (QED) is 0.0864. The summed E-state index contributed by atoms with van der Waals surface area (Å²) in [5.74, 6) is 2.18. The second kappa shape index (κ2) is 18.0. The molecule has 11 saturated carbocycles. The molecule has 1 saturated heterocycles. The van der Waals surface area contributed by atoms with Gasteiger partial charge in [0.15, 0.2) is 0 Å². The molecular weight excluding hydrogens is 885 g/mol. The minimum Gasteiger partial charge on any atom is -0.459 e. The topological polar surface area (TPSA) is 152 Å². The lowest BCUT2D eigenvalue weighted by Crippen LogP contribution is -2.61. The molecule has 11 aliphatic carbocycles. The number of carbonyl (C=O) groups is 5. The van der Waals surface area contributed by atoms with E-state index in [2.05, 4.69) is 13.8 Å². The Morgan fingerprint density at radius 2 is 1.23 bits per heavy atom. The maximum absolute atomic E-state index is 15.1. The summed E-state index contributed by atoms with van der Waals surface area (Å²) in [5, 5.41) is 11.7. The smallest absolute Gasteiger partial charge is 0.312 e. The molecule has 0 amide bonds. The van der Waals surface area contributed by atoms with Gasteiger partial charge in [-0.1, -0.05) is 33.6 Å². The fraction of sp³-hybridized carbons (Fsp3) is 0.915. The van der Waals surface area contributed by atoms with Crippen LogP contribution >= 0.6 is 0 Å². The first kappa shape index (κ1) is 50.8. The number of carbonyl (C=O) groups excluding carboxylic acids is 5. The molecule has 0 radical (unpaired) electrons. The average Bonchev–Trinajstić information content (AvgIpc) is 4.06. The Hall–Kier alpha value is -2.69. The zero-order valence-corrected chi connectivity index (χ0v) is 44.5. The van der Waals surface area contributed by atoms with Gasteiger partial charge in [-0.25, -0.2) is 0 Å². The van der Waals surface area contributed by atoms with Crippen LogP contribution in [0, 0.1) is 74.9 Å². The lowest BCUT2D eigenvalue weighted by Gasteiger charge is -2.59. The summed E-state index contributed by atoms with van der Waals surface area (Å²) < 4.78 is 32.2. The zero-order chi connectivity index (χ0) is 49.9. The summed E-state index contributed by atoms with van der Waals surface area (Å²) in [5.41, 5.74) is -5.77. The molecule has 12 fully saturated rings. The Kier molecular flexibility index (Phi) is 13.1. The van der Waals surface area contributed by atoms with Crippen molar-refractivity contribution in [1.29, 1.82) is 0 Å². The van der Waals surface area contributed by atoms with E-state index in [9.17, 15) is 24.3 Å². The van der Waals surface area contributed by atoms with Crippen molar-refractivity contribution in [2.24, 2.45) is 74.9 Å². The van der Waals surface area contributed by atoms with E-state index < -0.39 is 44.6 Å². The Balaban J connectivity index is 0.844. The molecule has 392 valence electrons. The number of hydrogen-bond acceptors (Lipinski definition) is 11. The molecule has 11 nitrogen and oxygen atoms in total. The first-order valence-corrected chi connectivity index (χ1v) is 28.8. The van der Waals surface area contributed by atoms with Crippen LogP contribution in [0.3, 0.4) is 0 Å². The van der Waals surface area contributed by atoms with E-state index in [1.807, 2.05) is 41.5 Å². The molecule has 1 N–H and O–H groups in total. The molecule has 0 aromatic heterocycles. The van der Waals surface area contributed by atoms with Crippen LogP contribution < -0.4 is 0 Å². The van der Waals surface area contributed by atoms with Crippen molar-refractivity contribution in [2.75, 3.05) is 0 Å². The molecule has 1 heterocycles. The van der Waals surface area contributed by atoms with Crippen molar-refractivity contribution in [3.63, 3.8) is 0 Å². The first-order chi connectivity index (χ1) is 33.0. The minimum absolute atomic E-state index is 0.0707. The van der Waals surface area contributed by atoms with Gasteiger partial charge in [0.05, 0.1) is 33.2 Å². The van der Waals surface area contributed by atoms with Gasteiger partial charge in [0.25, 0.3) is 0 Å². The summed E-state index contributed by atoms with van der Waals surface area (Å²) in [6.07, 6.45) is 20.4. The molecule has 70 heavy (non-hydrogen) atoms. The number of aliphatic hydroxyl groups is 1. The molecule has 12 aliphatic rings. The fourth-order valence-corrected chi connectivity index (χ4v) is 18.0. The van der Waals surface area contributed by atoms with E-state index in [-0.39, 0.29) is 59.3 Å². The largest absolute Gasteiger partial charge is 0.459 e. The summed E-state index contributed by atoms with van der Waals surface area (Å²) >= 11 is 0. The molecule has 11 heteroatoms. The van der Waals surface area contributed by atoms with Crippen molar-refractivity contribution >= 4 is 29.8 Å². The van der Waals surface area contributed by atoms with Crippen LogP contribution in [-0.2, 0) is 47.7 Å². The predicted octanol–water partition coefficient (Wildman–Crippen LogP) is 11.7. The lowest BCUT2D eigenvalue weighted by atomic mass is 9.50. The highest BCUT2D eigenvalue weighted by Crippen LogP contribution is 2.62. The van der Waals surface area contributed by atoms with Crippen LogP contribution in [0.2, 0.25) is 0 Å². The maximum Gasteiger partial charge on any atom is 0.312 e. The highest BCUT2D eigenvalue weighted by Gasteiger charge is 2.65. The zero-order valence-electron chi connectivity index (χ0n) is 44.5. The third kappa shape index (κ3) is 9.10. The number of fused-ring (bicyclic) bond motifs is 1. The predicted molar refractivity (Wildman–Crippen MR) is 262 cm³/mol. The second-order valence-corrected chi connectivity index (χ2v) is 28.1. The maximum atomic E-state index is 15.1. The highest BCUT2D eigenvalue weighted by molar-refractivity contribution is 5.80. The normalized spacial score (nSPS) is 41.7. The van der Waals surface area contributed by atoms with E-state index in [1.165, 1.54) is 19.3 Å². The van der Waals surface area contributed by atoms with Crippen LogP contribution in [0.4, 0.5) is 0 Å². The minimum atomic E-state index is -0.996. The van der Waals surface area contributed by atoms with Gasteiger partial charge in [0.1, 0.15) is 29.0 Å². The molecule has 13 atom stereocenters. The van der Waals surface area contributed by atoms with E-state index in [4.69, 9.17) is 23.7 Å². The number of hydrogen-bond donors (Lipinski definition) is 1. The Morgan fingerprint density at radius 3 is 1.84 bits per heavy atom. The molecule has 0 aromatic carbocycles. The molecule has 0 spiro atoms.